The number of carbonyl (C=O) groups is 1. The van der Waals surface area contributed by atoms with Crippen LogP contribution in [0.25, 0.3) is 0 Å². The summed E-state index contributed by atoms with van der Waals surface area (Å²) in [6.45, 7) is 2.16. The van der Waals surface area contributed by atoms with Gasteiger partial charge < -0.3 is 4.90 Å². The van der Waals surface area contributed by atoms with Gasteiger partial charge in [-0.2, -0.15) is 0 Å². The van der Waals surface area contributed by atoms with Crippen LogP contribution in [0.15, 0.2) is 11.8 Å². The van der Waals surface area contributed by atoms with Gasteiger partial charge in [-0.05, 0) is 25.2 Å². The molecule has 2 nitrogen and oxygen atoms in total. The predicted octanol–water partition coefficient (Wildman–Crippen LogP) is 2.39. The molecule has 0 fully saturated rings. The fourth-order valence-electron chi connectivity index (χ4n) is 1.72. The minimum atomic E-state index is -0.0123. The second-order valence-corrected chi connectivity index (χ2v) is 3.81. The smallest absolute Gasteiger partial charge is 0.241 e. The number of allylic oxidation sites excluding steroid dienone is 2. The summed E-state index contributed by atoms with van der Waals surface area (Å²) < 4.78 is 0. The highest BCUT2D eigenvalue weighted by Crippen LogP contribution is 2.26. The Hall–Kier alpha value is -0.500. The summed E-state index contributed by atoms with van der Waals surface area (Å²) in [7, 11) is 1.80. The minimum Gasteiger partial charge on any atom is -0.318 e. The molecule has 0 heterocycles. The normalized spacial score (nSPS) is 22.4. The third-order valence-corrected chi connectivity index (χ3v) is 2.80. The van der Waals surface area contributed by atoms with Crippen LogP contribution in [-0.2, 0) is 4.79 Å². The molecule has 0 aromatic heterocycles. The summed E-state index contributed by atoms with van der Waals surface area (Å²) >= 11 is 5.50. The van der Waals surface area contributed by atoms with Crippen molar-refractivity contribution >= 4 is 17.5 Å². The molecule has 0 spiro atoms. The summed E-state index contributed by atoms with van der Waals surface area (Å²) in [5.41, 5.74) is 1.14. The number of hydrogen-bond donors (Lipinski definition) is 0. The van der Waals surface area contributed by atoms with Gasteiger partial charge in [0, 0.05) is 12.7 Å². The topological polar surface area (TPSA) is 20.3 Å². The molecule has 74 valence electrons. The highest BCUT2D eigenvalue weighted by atomic mass is 35.5. The highest BCUT2D eigenvalue weighted by molar-refractivity contribution is 6.27. The van der Waals surface area contributed by atoms with Crippen LogP contribution in [0.5, 0.6) is 0 Å². The van der Waals surface area contributed by atoms with E-state index in [0.717, 1.165) is 12.1 Å². The average molecular weight is 202 g/mol. The Morgan fingerprint density at radius 2 is 2.46 bits per heavy atom. The molecule has 13 heavy (non-hydrogen) atoms. The lowest BCUT2D eigenvalue weighted by Crippen LogP contribution is -2.31. The van der Waals surface area contributed by atoms with Crippen molar-refractivity contribution in [2.45, 2.75) is 26.2 Å². The van der Waals surface area contributed by atoms with Gasteiger partial charge in [0.2, 0.25) is 5.91 Å². The third-order valence-electron chi connectivity index (χ3n) is 2.58. The molecule has 0 aromatic rings. The highest BCUT2D eigenvalue weighted by Gasteiger charge is 2.19. The number of nitrogens with zero attached hydrogens (tertiary/aromatic N) is 1. The lowest BCUT2D eigenvalue weighted by molar-refractivity contribution is -0.125. The Morgan fingerprint density at radius 3 is 3.00 bits per heavy atom. The molecule has 0 N–H and O–H groups in total. The van der Waals surface area contributed by atoms with Gasteiger partial charge in [-0.1, -0.05) is 13.0 Å². The summed E-state index contributed by atoms with van der Waals surface area (Å²) in [6.07, 6.45) is 5.64. The first-order valence-corrected chi connectivity index (χ1v) is 5.23. The van der Waals surface area contributed by atoms with Crippen LogP contribution in [-0.4, -0.2) is 23.7 Å². The molecule has 1 unspecified atom stereocenters. The van der Waals surface area contributed by atoms with Crippen LogP contribution >= 0.6 is 11.6 Å². The molecule has 1 aliphatic carbocycles. The number of amides is 1. The first-order valence-electron chi connectivity index (χ1n) is 4.69. The second kappa shape index (κ2) is 4.66. The molecule has 0 aromatic carbocycles. The molecule has 0 saturated carbocycles. The Balaban J connectivity index is 2.69. The van der Waals surface area contributed by atoms with Crippen molar-refractivity contribution in [1.82, 2.24) is 4.90 Å². The van der Waals surface area contributed by atoms with Crippen molar-refractivity contribution in [3.63, 3.8) is 0 Å². The molecular weight excluding hydrogens is 186 g/mol. The van der Waals surface area contributed by atoms with Gasteiger partial charge in [-0.3, -0.25) is 4.79 Å². The quantitative estimate of drug-likeness (QED) is 0.629. The van der Waals surface area contributed by atoms with E-state index in [0.29, 0.717) is 5.92 Å². The second-order valence-electron chi connectivity index (χ2n) is 3.55. The molecular formula is C10H16ClNO. The zero-order valence-corrected chi connectivity index (χ0v) is 8.97. The fraction of sp³-hybridized carbons (Fsp3) is 0.700. The molecule has 0 bridgehead atoms. The van der Waals surface area contributed by atoms with Crippen LogP contribution in [0.3, 0.4) is 0 Å². The number of alkyl halides is 1. The van der Waals surface area contributed by atoms with Crippen LogP contribution in [0.4, 0.5) is 0 Å². The van der Waals surface area contributed by atoms with Gasteiger partial charge >= 0.3 is 0 Å². The molecule has 1 rings (SSSR count). The summed E-state index contributed by atoms with van der Waals surface area (Å²) in [6, 6.07) is 0. The lowest BCUT2D eigenvalue weighted by Gasteiger charge is -2.28. The van der Waals surface area contributed by atoms with E-state index in [-0.39, 0.29) is 11.8 Å². The van der Waals surface area contributed by atoms with Crippen molar-refractivity contribution < 1.29 is 4.79 Å². The molecule has 0 aliphatic heterocycles. The van der Waals surface area contributed by atoms with E-state index in [1.807, 2.05) is 0 Å². The van der Waals surface area contributed by atoms with Crippen molar-refractivity contribution in [3.05, 3.63) is 11.8 Å². The first-order chi connectivity index (χ1) is 6.16. The van der Waals surface area contributed by atoms with E-state index in [1.54, 1.807) is 11.9 Å². The zero-order valence-electron chi connectivity index (χ0n) is 8.22. The maximum absolute atomic E-state index is 11.3. The Bertz CT molecular complexity index is 225. The van der Waals surface area contributed by atoms with Crippen molar-refractivity contribution in [2.24, 2.45) is 5.92 Å². The maximum Gasteiger partial charge on any atom is 0.241 e. The summed E-state index contributed by atoms with van der Waals surface area (Å²) in [5.74, 6) is 0.549. The largest absolute Gasteiger partial charge is 0.318 e. The standard InChI is InChI=1S/C10H16ClNO/c1-8-5-3-4-6-9(8)12(2)10(13)7-11/h6,8H,3-5,7H2,1-2H3. The van der Waals surface area contributed by atoms with E-state index in [4.69, 9.17) is 11.6 Å². The van der Waals surface area contributed by atoms with E-state index in [1.165, 1.54) is 12.8 Å². The van der Waals surface area contributed by atoms with Crippen LogP contribution in [0.2, 0.25) is 0 Å². The predicted molar refractivity (Wildman–Crippen MR) is 54.6 cm³/mol. The van der Waals surface area contributed by atoms with Gasteiger partial charge in [0.05, 0.1) is 0 Å². The van der Waals surface area contributed by atoms with Crippen LogP contribution < -0.4 is 0 Å². The van der Waals surface area contributed by atoms with Gasteiger partial charge in [-0.15, -0.1) is 11.6 Å². The summed E-state index contributed by atoms with van der Waals surface area (Å²) in [4.78, 5) is 13.0. The zero-order chi connectivity index (χ0) is 9.84. The van der Waals surface area contributed by atoms with Gasteiger partial charge in [0.15, 0.2) is 0 Å². The monoisotopic (exact) mass is 201 g/mol. The number of carbonyl (C=O) groups excluding carboxylic acids is 1. The van der Waals surface area contributed by atoms with Gasteiger partial charge in [0.25, 0.3) is 0 Å². The maximum atomic E-state index is 11.3. The van der Waals surface area contributed by atoms with E-state index >= 15 is 0 Å². The number of rotatable bonds is 2. The first kappa shape index (κ1) is 10.6. The van der Waals surface area contributed by atoms with Crippen LogP contribution in [0.1, 0.15) is 26.2 Å². The van der Waals surface area contributed by atoms with Crippen molar-refractivity contribution in [3.8, 4) is 0 Å². The van der Waals surface area contributed by atoms with Crippen molar-refractivity contribution in [1.29, 1.82) is 0 Å². The fourth-order valence-corrected chi connectivity index (χ4v) is 1.90. The Morgan fingerprint density at radius 1 is 1.77 bits per heavy atom. The average Bonchev–Trinajstić information content (AvgIpc) is 2.16. The minimum absolute atomic E-state index is 0.0123. The third kappa shape index (κ3) is 2.47. The van der Waals surface area contributed by atoms with Crippen LogP contribution in [0, 0.1) is 5.92 Å². The molecule has 1 aliphatic rings. The van der Waals surface area contributed by atoms with E-state index in [2.05, 4.69) is 13.0 Å². The number of halogens is 1. The molecule has 1 atom stereocenters. The van der Waals surface area contributed by atoms with Crippen molar-refractivity contribution in [2.75, 3.05) is 12.9 Å². The Kier molecular flexibility index (Phi) is 3.79. The molecule has 0 saturated heterocycles. The van der Waals surface area contributed by atoms with Gasteiger partial charge in [-0.25, -0.2) is 0 Å². The van der Waals surface area contributed by atoms with Gasteiger partial charge in [0.1, 0.15) is 5.88 Å². The van der Waals surface area contributed by atoms with E-state index < -0.39 is 0 Å². The number of hydrogen-bond acceptors (Lipinski definition) is 1. The SMILES string of the molecule is CC1CCCC=C1N(C)C(=O)CCl. The molecule has 3 heteroatoms. The summed E-state index contributed by atoms with van der Waals surface area (Å²) in [5, 5.41) is 0. The van der Waals surface area contributed by atoms with E-state index in [9.17, 15) is 4.79 Å². The lowest BCUT2D eigenvalue weighted by atomic mass is 9.93. The molecule has 0 radical (unpaired) electrons. The Labute approximate surface area is 84.6 Å². The molecule has 1 amide bonds.